The summed E-state index contributed by atoms with van der Waals surface area (Å²) >= 11 is 0. The number of nitrogens with zero attached hydrogens (tertiary/aromatic N) is 4. The van der Waals surface area contributed by atoms with Crippen molar-refractivity contribution in [2.24, 2.45) is 12.0 Å². The molecule has 7 nitrogen and oxygen atoms in total. The number of aryl methyl sites for hydroxylation is 2. The molecule has 0 saturated carbocycles. The molecule has 0 spiro atoms. The minimum absolute atomic E-state index is 0.745. The highest BCUT2D eigenvalue weighted by Gasteiger charge is 2.11. The molecule has 4 aromatic rings. The summed E-state index contributed by atoms with van der Waals surface area (Å²) < 4.78 is 7.50. The molecule has 0 atom stereocenters. The number of fused-ring (bicyclic) bond motifs is 1. The van der Waals surface area contributed by atoms with Gasteiger partial charge in [0.2, 0.25) is 0 Å². The zero-order valence-corrected chi connectivity index (χ0v) is 16.3. The van der Waals surface area contributed by atoms with E-state index in [0.29, 0.717) is 0 Å². The van der Waals surface area contributed by atoms with Gasteiger partial charge in [-0.1, -0.05) is 12.1 Å². The Balaban J connectivity index is 1.71. The molecule has 7 heteroatoms. The van der Waals surface area contributed by atoms with Gasteiger partial charge in [-0.25, -0.2) is 9.98 Å². The van der Waals surface area contributed by atoms with Crippen molar-refractivity contribution in [3.05, 3.63) is 54.6 Å². The number of hydrogen-bond acceptors (Lipinski definition) is 4. The van der Waals surface area contributed by atoms with Crippen LogP contribution in [-0.4, -0.2) is 32.7 Å². The maximum atomic E-state index is 5.51. The smallest absolute Gasteiger partial charge is 0.142 e. The maximum absolute atomic E-state index is 5.51. The van der Waals surface area contributed by atoms with Gasteiger partial charge in [-0.05, 0) is 43.2 Å². The van der Waals surface area contributed by atoms with Crippen LogP contribution in [0.5, 0.6) is 5.75 Å². The Morgan fingerprint density at radius 3 is 2.82 bits per heavy atom. The van der Waals surface area contributed by atoms with E-state index in [1.54, 1.807) is 13.3 Å². The van der Waals surface area contributed by atoms with E-state index in [2.05, 4.69) is 32.6 Å². The molecule has 0 saturated heterocycles. The molecule has 2 N–H and O–H groups in total. The summed E-state index contributed by atoms with van der Waals surface area (Å²) in [6.07, 6.45) is 5.46. The Hall–Kier alpha value is -3.61. The number of methoxy groups -OCH3 is 1. The normalized spacial score (nSPS) is 11.8. The van der Waals surface area contributed by atoms with Gasteiger partial charge in [0.1, 0.15) is 17.1 Å². The Kier molecular flexibility index (Phi) is 4.57. The maximum Gasteiger partial charge on any atom is 0.142 e. The second kappa shape index (κ2) is 7.19. The van der Waals surface area contributed by atoms with Crippen LogP contribution in [-0.2, 0) is 7.05 Å². The topological polar surface area (TPSA) is 80.1 Å². The molecule has 0 radical (unpaired) electrons. The zero-order chi connectivity index (χ0) is 19.7. The summed E-state index contributed by atoms with van der Waals surface area (Å²) in [6, 6.07) is 10.1. The predicted octanol–water partition coefficient (Wildman–Crippen LogP) is 4.44. The van der Waals surface area contributed by atoms with Crippen LogP contribution in [0.25, 0.3) is 22.2 Å². The number of nitrogens with one attached hydrogen (secondary N) is 2. The number of H-pyrrole nitrogens is 1. The van der Waals surface area contributed by atoms with E-state index < -0.39 is 0 Å². The van der Waals surface area contributed by atoms with Crippen LogP contribution in [0.4, 0.5) is 11.4 Å². The number of ether oxygens (including phenoxy) is 1. The number of aromatic amines is 1. The molecule has 142 valence electrons. The highest BCUT2D eigenvalue weighted by Crippen LogP contribution is 2.32. The zero-order valence-electron chi connectivity index (χ0n) is 16.3. The molecule has 0 bridgehead atoms. The molecule has 2 aromatic heterocycles. The average molecular weight is 374 g/mol. The summed E-state index contributed by atoms with van der Waals surface area (Å²) in [5.41, 5.74) is 6.77. The fraction of sp³-hybridized carbons (Fsp3) is 0.190. The summed E-state index contributed by atoms with van der Waals surface area (Å²) in [5, 5.41) is 10.2. The fourth-order valence-electron chi connectivity index (χ4n) is 3.21. The minimum atomic E-state index is 0.745. The van der Waals surface area contributed by atoms with Crippen molar-refractivity contribution >= 4 is 28.2 Å². The predicted molar refractivity (Wildman–Crippen MR) is 112 cm³/mol. The Morgan fingerprint density at radius 2 is 2.07 bits per heavy atom. The summed E-state index contributed by atoms with van der Waals surface area (Å²) in [6.45, 7) is 3.98. The lowest BCUT2D eigenvalue weighted by atomic mass is 10.1. The summed E-state index contributed by atoms with van der Waals surface area (Å²) in [7, 11) is 3.64. The second-order valence-electron chi connectivity index (χ2n) is 6.68. The van der Waals surface area contributed by atoms with Gasteiger partial charge in [0.15, 0.2) is 0 Å². The van der Waals surface area contributed by atoms with E-state index >= 15 is 0 Å². The van der Waals surface area contributed by atoms with Crippen molar-refractivity contribution < 1.29 is 4.74 Å². The third-order valence-corrected chi connectivity index (χ3v) is 4.70. The second-order valence-corrected chi connectivity index (χ2v) is 6.68. The van der Waals surface area contributed by atoms with Crippen LogP contribution in [0.3, 0.4) is 0 Å². The van der Waals surface area contributed by atoms with Gasteiger partial charge in [0, 0.05) is 18.8 Å². The van der Waals surface area contributed by atoms with Crippen molar-refractivity contribution in [1.29, 1.82) is 0 Å². The summed E-state index contributed by atoms with van der Waals surface area (Å²) in [5.74, 6) is 1.50. The molecular weight excluding hydrogens is 352 g/mol. The number of benzene rings is 2. The van der Waals surface area contributed by atoms with Gasteiger partial charge in [0.25, 0.3) is 0 Å². The van der Waals surface area contributed by atoms with Crippen LogP contribution in [0.1, 0.15) is 12.5 Å². The van der Waals surface area contributed by atoms with Crippen LogP contribution in [0.2, 0.25) is 0 Å². The SMILES string of the molecule is COc1ccc(-c2cn[nH]c2)cc1NC(C)=Nc1c(C)ccc2c1ncn2C. The van der Waals surface area contributed by atoms with Crippen molar-refractivity contribution in [2.75, 3.05) is 12.4 Å². The molecule has 0 unspecified atom stereocenters. The number of amidine groups is 1. The lowest BCUT2D eigenvalue weighted by molar-refractivity contribution is 0.417. The standard InChI is InChI=1S/C21H22N6O/c1-13-5-7-18-21(22-12-27(18)3)20(13)26-14(2)25-17-9-15(6-8-19(17)28-4)16-10-23-24-11-16/h5-12H,1-4H3,(H,23,24)(H,25,26). The third-order valence-electron chi connectivity index (χ3n) is 4.70. The first-order valence-corrected chi connectivity index (χ1v) is 8.97. The molecule has 0 aliphatic rings. The monoisotopic (exact) mass is 374 g/mol. The third kappa shape index (κ3) is 3.22. The van der Waals surface area contributed by atoms with Crippen molar-refractivity contribution in [3.63, 3.8) is 0 Å². The molecule has 4 rings (SSSR count). The Morgan fingerprint density at radius 1 is 1.21 bits per heavy atom. The van der Waals surface area contributed by atoms with E-state index in [1.165, 1.54) is 0 Å². The Bertz CT molecular complexity index is 1160. The lowest BCUT2D eigenvalue weighted by Gasteiger charge is -2.13. The van der Waals surface area contributed by atoms with Gasteiger partial charge in [-0.15, -0.1) is 0 Å². The number of aromatic nitrogens is 4. The van der Waals surface area contributed by atoms with E-state index in [4.69, 9.17) is 9.73 Å². The first-order chi connectivity index (χ1) is 13.6. The van der Waals surface area contributed by atoms with Crippen LogP contribution in [0, 0.1) is 6.92 Å². The van der Waals surface area contributed by atoms with Crippen LogP contribution in [0.15, 0.2) is 54.0 Å². The molecule has 0 fully saturated rings. The van der Waals surface area contributed by atoms with Gasteiger partial charge in [0.05, 0.1) is 36.5 Å². The number of aliphatic imine (C=N–C) groups is 1. The Labute approximate surface area is 163 Å². The highest BCUT2D eigenvalue weighted by molar-refractivity contribution is 6.00. The van der Waals surface area contributed by atoms with Crippen molar-refractivity contribution in [3.8, 4) is 16.9 Å². The fourth-order valence-corrected chi connectivity index (χ4v) is 3.21. The molecule has 2 heterocycles. The van der Waals surface area contributed by atoms with Gasteiger partial charge in [-0.2, -0.15) is 5.10 Å². The van der Waals surface area contributed by atoms with Crippen LogP contribution < -0.4 is 10.1 Å². The minimum Gasteiger partial charge on any atom is -0.495 e. The molecular formula is C21H22N6O. The molecule has 0 aliphatic heterocycles. The molecule has 0 amide bonds. The van der Waals surface area contributed by atoms with Crippen molar-refractivity contribution in [2.45, 2.75) is 13.8 Å². The number of imidazole rings is 1. The number of anilines is 1. The average Bonchev–Trinajstić information content (AvgIpc) is 3.34. The van der Waals surface area contributed by atoms with Crippen molar-refractivity contribution in [1.82, 2.24) is 19.7 Å². The van der Waals surface area contributed by atoms with Crippen LogP contribution >= 0.6 is 0 Å². The van der Waals surface area contributed by atoms with E-state index in [9.17, 15) is 0 Å². The lowest BCUT2D eigenvalue weighted by Crippen LogP contribution is -2.08. The number of rotatable bonds is 4. The van der Waals surface area contributed by atoms with E-state index in [1.807, 2.05) is 56.2 Å². The van der Waals surface area contributed by atoms with Gasteiger partial charge >= 0.3 is 0 Å². The first-order valence-electron chi connectivity index (χ1n) is 8.97. The van der Waals surface area contributed by atoms with E-state index in [-0.39, 0.29) is 0 Å². The highest BCUT2D eigenvalue weighted by atomic mass is 16.5. The quantitative estimate of drug-likeness (QED) is 0.409. The largest absolute Gasteiger partial charge is 0.495 e. The van der Waals surface area contributed by atoms with Gasteiger partial charge < -0.3 is 14.6 Å². The molecule has 0 aliphatic carbocycles. The van der Waals surface area contributed by atoms with Gasteiger partial charge in [-0.3, -0.25) is 5.10 Å². The first kappa shape index (κ1) is 17.8. The molecule has 28 heavy (non-hydrogen) atoms. The molecule has 2 aromatic carbocycles. The number of hydrogen-bond donors (Lipinski definition) is 2. The summed E-state index contributed by atoms with van der Waals surface area (Å²) in [4.78, 5) is 9.33. The van der Waals surface area contributed by atoms with E-state index in [0.717, 1.165) is 50.7 Å².